The second-order valence-corrected chi connectivity index (χ2v) is 3.06. The molecule has 0 saturated heterocycles. The maximum Gasteiger partial charge on any atom is 0.336 e. The number of carbonyl (C=O) groups is 1. The van der Waals surface area contributed by atoms with E-state index in [4.69, 9.17) is 5.11 Å². The highest BCUT2D eigenvalue weighted by molar-refractivity contribution is 9.08. The normalized spacial score (nSPS) is 10.6. The highest BCUT2D eigenvalue weighted by Gasteiger charge is 2.21. The number of hydrogen-bond donors (Lipinski definition) is 1. The minimum atomic E-state index is -2.83. The molecule has 0 aliphatic carbocycles. The number of aromatic carboxylic acids is 1. The van der Waals surface area contributed by atoms with Crippen molar-refractivity contribution in [1.29, 1.82) is 0 Å². The van der Waals surface area contributed by atoms with Crippen LogP contribution in [-0.2, 0) is 5.33 Å². The molecule has 1 heterocycles. The van der Waals surface area contributed by atoms with Crippen LogP contribution in [0.25, 0.3) is 0 Å². The van der Waals surface area contributed by atoms with Gasteiger partial charge < -0.3 is 5.11 Å². The number of hydrogen-bond acceptors (Lipinski definition) is 2. The molecule has 1 rings (SSSR count). The molecule has 1 aromatic heterocycles. The number of rotatable bonds is 3. The molecule has 3 nitrogen and oxygen atoms in total. The summed E-state index contributed by atoms with van der Waals surface area (Å²) in [4.78, 5) is 14.3. The monoisotopic (exact) mass is 265 g/mol. The Morgan fingerprint density at radius 3 is 2.64 bits per heavy atom. The number of pyridine rings is 1. The smallest absolute Gasteiger partial charge is 0.336 e. The second-order valence-electron chi connectivity index (χ2n) is 2.50. The van der Waals surface area contributed by atoms with Gasteiger partial charge in [-0.05, 0) is 5.56 Å². The fourth-order valence-corrected chi connectivity index (χ4v) is 1.47. The quantitative estimate of drug-likeness (QED) is 0.855. The van der Waals surface area contributed by atoms with Gasteiger partial charge in [-0.25, -0.2) is 13.6 Å². The van der Waals surface area contributed by atoms with Crippen molar-refractivity contribution in [3.63, 3.8) is 0 Å². The number of alkyl halides is 3. The van der Waals surface area contributed by atoms with Crippen molar-refractivity contribution in [3.8, 4) is 0 Å². The predicted octanol–water partition coefficient (Wildman–Crippen LogP) is 2.61. The van der Waals surface area contributed by atoms with E-state index in [2.05, 4.69) is 20.9 Å². The molecule has 76 valence electrons. The molecule has 0 aromatic carbocycles. The summed E-state index contributed by atoms with van der Waals surface area (Å²) < 4.78 is 24.8. The zero-order valence-electron chi connectivity index (χ0n) is 6.88. The lowest BCUT2D eigenvalue weighted by Gasteiger charge is -2.07. The molecule has 0 fully saturated rings. The maximum absolute atomic E-state index is 12.4. The first-order valence-corrected chi connectivity index (χ1v) is 4.74. The van der Waals surface area contributed by atoms with E-state index in [-0.39, 0.29) is 16.5 Å². The standard InChI is InChI=1S/C8H6BrF2NO2/c9-1-4-2-12-3-5(7(10)11)6(4)8(13)14/h2-3,7H,1H2,(H,13,14). The average Bonchev–Trinajstić information content (AvgIpc) is 2.16. The van der Waals surface area contributed by atoms with Gasteiger partial charge >= 0.3 is 5.97 Å². The van der Waals surface area contributed by atoms with Crippen LogP contribution in [0.15, 0.2) is 12.4 Å². The molecule has 0 amide bonds. The largest absolute Gasteiger partial charge is 0.478 e. The van der Waals surface area contributed by atoms with E-state index in [0.717, 1.165) is 6.20 Å². The van der Waals surface area contributed by atoms with E-state index < -0.39 is 18.0 Å². The Labute approximate surface area is 86.9 Å². The SMILES string of the molecule is O=C(O)c1c(CBr)cncc1C(F)F. The van der Waals surface area contributed by atoms with E-state index in [0.29, 0.717) is 0 Å². The Morgan fingerprint density at radius 2 is 2.21 bits per heavy atom. The van der Waals surface area contributed by atoms with Gasteiger partial charge in [-0.3, -0.25) is 4.98 Å². The fraction of sp³-hybridized carbons (Fsp3) is 0.250. The molecule has 0 bridgehead atoms. The first kappa shape index (κ1) is 11.0. The lowest BCUT2D eigenvalue weighted by molar-refractivity contribution is 0.0683. The lowest BCUT2D eigenvalue weighted by Crippen LogP contribution is -2.07. The van der Waals surface area contributed by atoms with Crippen LogP contribution < -0.4 is 0 Å². The third-order valence-corrected chi connectivity index (χ3v) is 2.25. The molecule has 0 atom stereocenters. The van der Waals surface area contributed by atoms with Crippen molar-refractivity contribution >= 4 is 21.9 Å². The minimum absolute atomic E-state index is 0.183. The number of aromatic nitrogens is 1. The van der Waals surface area contributed by atoms with Gasteiger partial charge in [0.05, 0.1) is 11.1 Å². The van der Waals surface area contributed by atoms with E-state index in [9.17, 15) is 13.6 Å². The first-order valence-electron chi connectivity index (χ1n) is 3.62. The van der Waals surface area contributed by atoms with Gasteiger partial charge in [0.15, 0.2) is 0 Å². The topological polar surface area (TPSA) is 50.2 Å². The fourth-order valence-electron chi connectivity index (χ4n) is 1.05. The zero-order chi connectivity index (χ0) is 10.7. The Balaban J connectivity index is 3.35. The summed E-state index contributed by atoms with van der Waals surface area (Å²) in [5, 5.41) is 8.93. The summed E-state index contributed by atoms with van der Waals surface area (Å²) in [6.07, 6.45) is -0.697. The molecule has 0 unspecified atom stereocenters. The molecule has 6 heteroatoms. The minimum Gasteiger partial charge on any atom is -0.478 e. The van der Waals surface area contributed by atoms with Crippen LogP contribution in [0.3, 0.4) is 0 Å². The molecule has 0 radical (unpaired) electrons. The lowest BCUT2D eigenvalue weighted by atomic mass is 10.1. The van der Waals surface area contributed by atoms with Crippen molar-refractivity contribution in [1.82, 2.24) is 4.98 Å². The second kappa shape index (κ2) is 4.45. The highest BCUT2D eigenvalue weighted by Crippen LogP contribution is 2.25. The molecule has 0 spiro atoms. The summed E-state index contributed by atoms with van der Waals surface area (Å²) in [6, 6.07) is 0. The van der Waals surface area contributed by atoms with Crippen LogP contribution in [0.1, 0.15) is 27.9 Å². The van der Waals surface area contributed by atoms with Crippen molar-refractivity contribution in [2.45, 2.75) is 11.8 Å². The molecular weight excluding hydrogens is 260 g/mol. The van der Waals surface area contributed by atoms with Crippen LogP contribution in [-0.4, -0.2) is 16.1 Å². The summed E-state index contributed by atoms with van der Waals surface area (Å²) in [5.74, 6) is -1.36. The van der Waals surface area contributed by atoms with Gasteiger partial charge in [0, 0.05) is 17.7 Å². The number of carboxylic acid groups (broad SMARTS) is 1. The molecule has 0 aliphatic heterocycles. The molecule has 0 saturated carbocycles. The molecule has 1 aromatic rings. The van der Waals surface area contributed by atoms with E-state index in [1.165, 1.54) is 6.20 Å². The van der Waals surface area contributed by atoms with Crippen LogP contribution in [0.5, 0.6) is 0 Å². The maximum atomic E-state index is 12.4. The van der Waals surface area contributed by atoms with Gasteiger partial charge in [0.1, 0.15) is 0 Å². The highest BCUT2D eigenvalue weighted by atomic mass is 79.9. The Bertz CT molecular complexity index is 357. The van der Waals surface area contributed by atoms with Gasteiger partial charge in [0.25, 0.3) is 6.43 Å². The average molecular weight is 266 g/mol. The first-order chi connectivity index (χ1) is 6.57. The van der Waals surface area contributed by atoms with Crippen molar-refractivity contribution in [2.24, 2.45) is 0 Å². The van der Waals surface area contributed by atoms with E-state index in [1.807, 2.05) is 0 Å². The van der Waals surface area contributed by atoms with Crippen LogP contribution in [0.2, 0.25) is 0 Å². The number of halogens is 3. The van der Waals surface area contributed by atoms with Gasteiger partial charge in [0.2, 0.25) is 0 Å². The van der Waals surface area contributed by atoms with E-state index >= 15 is 0 Å². The Morgan fingerprint density at radius 1 is 1.57 bits per heavy atom. The summed E-state index contributed by atoms with van der Waals surface area (Å²) in [6.45, 7) is 0. The van der Waals surface area contributed by atoms with Gasteiger partial charge in [-0.2, -0.15) is 0 Å². The van der Waals surface area contributed by atoms with Gasteiger partial charge in [-0.15, -0.1) is 0 Å². The predicted molar refractivity (Wildman–Crippen MR) is 48.8 cm³/mol. The zero-order valence-corrected chi connectivity index (χ0v) is 8.46. The Kier molecular flexibility index (Phi) is 3.51. The number of carboxylic acids is 1. The molecule has 1 N–H and O–H groups in total. The van der Waals surface area contributed by atoms with Gasteiger partial charge in [-0.1, -0.05) is 15.9 Å². The number of nitrogens with zero attached hydrogens (tertiary/aromatic N) is 1. The van der Waals surface area contributed by atoms with Crippen molar-refractivity contribution in [2.75, 3.05) is 0 Å². The molecule has 0 aliphatic rings. The summed E-state index contributed by atoms with van der Waals surface area (Å²) in [7, 11) is 0. The van der Waals surface area contributed by atoms with Crippen LogP contribution >= 0.6 is 15.9 Å². The molecule has 14 heavy (non-hydrogen) atoms. The third-order valence-electron chi connectivity index (χ3n) is 1.65. The summed E-state index contributed by atoms with van der Waals surface area (Å²) in [5.41, 5.74) is -0.670. The van der Waals surface area contributed by atoms with Crippen molar-refractivity contribution in [3.05, 3.63) is 29.1 Å². The van der Waals surface area contributed by atoms with Crippen LogP contribution in [0.4, 0.5) is 8.78 Å². The summed E-state index contributed by atoms with van der Waals surface area (Å²) >= 11 is 3.01. The third kappa shape index (κ3) is 2.06. The van der Waals surface area contributed by atoms with Crippen molar-refractivity contribution < 1.29 is 18.7 Å². The molecular formula is C8H6BrF2NO2. The Hall–Kier alpha value is -1.04. The van der Waals surface area contributed by atoms with Crippen LogP contribution in [0, 0.1) is 0 Å². The van der Waals surface area contributed by atoms with E-state index in [1.54, 1.807) is 0 Å².